The highest BCUT2D eigenvalue weighted by Crippen LogP contribution is 2.16. The lowest BCUT2D eigenvalue weighted by atomic mass is 10.0. The van der Waals surface area contributed by atoms with Crippen LogP contribution in [0.2, 0.25) is 0 Å². The van der Waals surface area contributed by atoms with Crippen molar-refractivity contribution >= 4 is 17.9 Å². The van der Waals surface area contributed by atoms with Gasteiger partial charge in [0.2, 0.25) is 0 Å². The van der Waals surface area contributed by atoms with Gasteiger partial charge in [-0.15, -0.1) is 0 Å². The first kappa shape index (κ1) is 65.6. The van der Waals surface area contributed by atoms with Crippen molar-refractivity contribution in [1.82, 2.24) is 0 Å². The van der Waals surface area contributed by atoms with Crippen LogP contribution in [0.3, 0.4) is 0 Å². The van der Waals surface area contributed by atoms with Gasteiger partial charge in [-0.05, 0) is 96.3 Å². The third-order valence-corrected chi connectivity index (χ3v) is 12.4. The van der Waals surface area contributed by atoms with E-state index in [9.17, 15) is 14.4 Å². The quantitative estimate of drug-likeness (QED) is 0.0262. The number of rotatable bonds is 52. The Balaban J connectivity index is 4.44. The molecule has 0 aromatic heterocycles. The van der Waals surface area contributed by atoms with E-state index in [0.29, 0.717) is 19.3 Å². The molecule has 0 bridgehead atoms. The predicted molar refractivity (Wildman–Crippen MR) is 297 cm³/mol. The third kappa shape index (κ3) is 55.4. The summed E-state index contributed by atoms with van der Waals surface area (Å²) in [7, 11) is 0. The second kappa shape index (κ2) is 57.2. The lowest BCUT2D eigenvalue weighted by Gasteiger charge is -2.18. The van der Waals surface area contributed by atoms with E-state index in [1.54, 1.807) is 0 Å². The Hall–Kier alpha value is -3.41. The van der Waals surface area contributed by atoms with E-state index in [0.717, 1.165) is 109 Å². The van der Waals surface area contributed by atoms with Crippen molar-refractivity contribution in [2.45, 2.75) is 284 Å². The van der Waals surface area contributed by atoms with Gasteiger partial charge in [0.05, 0.1) is 0 Å². The average molecular weight is 962 g/mol. The molecule has 0 amide bonds. The van der Waals surface area contributed by atoms with Gasteiger partial charge in [-0.25, -0.2) is 0 Å². The van der Waals surface area contributed by atoms with Crippen LogP contribution in [0.15, 0.2) is 85.1 Å². The number of unbranched alkanes of at least 4 members (excludes halogenated alkanes) is 27. The molecule has 0 saturated heterocycles. The third-order valence-electron chi connectivity index (χ3n) is 12.4. The second-order valence-corrected chi connectivity index (χ2v) is 19.2. The van der Waals surface area contributed by atoms with Crippen molar-refractivity contribution in [3.05, 3.63) is 85.1 Å². The van der Waals surface area contributed by atoms with Gasteiger partial charge in [-0.2, -0.15) is 0 Å². The van der Waals surface area contributed by atoms with Crippen LogP contribution < -0.4 is 0 Å². The summed E-state index contributed by atoms with van der Waals surface area (Å²) in [6.07, 6.45) is 74.2. The van der Waals surface area contributed by atoms with Gasteiger partial charge in [0.1, 0.15) is 13.2 Å². The van der Waals surface area contributed by atoms with Crippen molar-refractivity contribution < 1.29 is 28.6 Å². The normalized spacial score (nSPS) is 12.7. The van der Waals surface area contributed by atoms with Gasteiger partial charge in [-0.1, -0.05) is 247 Å². The largest absolute Gasteiger partial charge is 0.462 e. The number of hydrogen-bond donors (Lipinski definition) is 0. The molecule has 0 saturated carbocycles. The molecule has 6 heteroatoms. The minimum atomic E-state index is -0.793. The summed E-state index contributed by atoms with van der Waals surface area (Å²) in [5.74, 6) is -0.921. The summed E-state index contributed by atoms with van der Waals surface area (Å²) in [5.41, 5.74) is 0. The Morgan fingerprint density at radius 3 is 0.928 bits per heavy atom. The summed E-state index contributed by atoms with van der Waals surface area (Å²) in [5, 5.41) is 0. The lowest BCUT2D eigenvalue weighted by Crippen LogP contribution is -2.30. The van der Waals surface area contributed by atoms with E-state index in [1.165, 1.54) is 128 Å². The molecule has 0 aliphatic rings. The van der Waals surface area contributed by atoms with Crippen LogP contribution in [-0.4, -0.2) is 37.2 Å². The van der Waals surface area contributed by atoms with Crippen LogP contribution in [0.5, 0.6) is 0 Å². The highest BCUT2D eigenvalue weighted by molar-refractivity contribution is 5.71. The highest BCUT2D eigenvalue weighted by Gasteiger charge is 2.19. The molecule has 0 radical (unpaired) electrons. The first-order valence-corrected chi connectivity index (χ1v) is 29.1. The van der Waals surface area contributed by atoms with Crippen molar-refractivity contribution in [1.29, 1.82) is 0 Å². The Kier molecular flexibility index (Phi) is 54.3. The fraction of sp³-hybridized carbons (Fsp3) is 0.730. The van der Waals surface area contributed by atoms with Crippen molar-refractivity contribution in [2.75, 3.05) is 13.2 Å². The Morgan fingerprint density at radius 1 is 0.304 bits per heavy atom. The number of ether oxygens (including phenoxy) is 3. The molecule has 0 aromatic carbocycles. The van der Waals surface area contributed by atoms with Crippen LogP contribution in [-0.2, 0) is 28.6 Å². The fourth-order valence-corrected chi connectivity index (χ4v) is 8.03. The zero-order chi connectivity index (χ0) is 50.0. The summed E-state index contributed by atoms with van der Waals surface area (Å²) >= 11 is 0. The molecule has 0 N–H and O–H groups in total. The number of esters is 3. The van der Waals surface area contributed by atoms with Crippen molar-refractivity contribution in [3.63, 3.8) is 0 Å². The van der Waals surface area contributed by atoms with E-state index in [2.05, 4.69) is 106 Å². The molecule has 0 aromatic rings. The molecule has 0 fully saturated rings. The topological polar surface area (TPSA) is 78.9 Å². The van der Waals surface area contributed by atoms with Crippen molar-refractivity contribution in [3.8, 4) is 0 Å². The van der Waals surface area contributed by atoms with Gasteiger partial charge in [0.25, 0.3) is 0 Å². The van der Waals surface area contributed by atoms with Crippen LogP contribution >= 0.6 is 0 Å². The average Bonchev–Trinajstić information content (AvgIpc) is 3.35. The predicted octanol–water partition coefficient (Wildman–Crippen LogP) is 19.5. The summed E-state index contributed by atoms with van der Waals surface area (Å²) in [4.78, 5) is 38.2. The lowest BCUT2D eigenvalue weighted by molar-refractivity contribution is -0.167. The monoisotopic (exact) mass is 961 g/mol. The number of carbonyl (C=O) groups excluding carboxylic acids is 3. The maximum absolute atomic E-state index is 12.9. The number of allylic oxidation sites excluding steroid dienone is 14. The molecular formula is C63H108O6. The molecule has 0 rings (SSSR count). The van der Waals surface area contributed by atoms with Crippen LogP contribution in [0.1, 0.15) is 278 Å². The Bertz CT molecular complexity index is 1330. The van der Waals surface area contributed by atoms with E-state index in [-0.39, 0.29) is 31.1 Å². The molecule has 0 unspecified atom stereocenters. The zero-order valence-electron chi connectivity index (χ0n) is 45.3. The van der Waals surface area contributed by atoms with E-state index in [4.69, 9.17) is 14.2 Å². The minimum Gasteiger partial charge on any atom is -0.462 e. The molecule has 1 atom stereocenters. The Morgan fingerprint density at radius 2 is 0.565 bits per heavy atom. The molecule has 0 aliphatic heterocycles. The van der Waals surface area contributed by atoms with Crippen LogP contribution in [0.25, 0.3) is 0 Å². The minimum absolute atomic E-state index is 0.0896. The van der Waals surface area contributed by atoms with Gasteiger partial charge < -0.3 is 14.2 Å². The molecule has 0 aliphatic carbocycles. The maximum atomic E-state index is 12.9. The second-order valence-electron chi connectivity index (χ2n) is 19.2. The SMILES string of the molecule is CC/C=C\C/C=C\C/C=C\C/C=C\C/C=C\CCCCCC(=O)OC[C@H](COC(=O)CCCCCCCCC/C=C\C/C=C\CCCCC)OC(=O)CCCCCCCCCCCCCCCCC. The number of carbonyl (C=O) groups is 3. The Labute approximate surface area is 426 Å². The summed E-state index contributed by atoms with van der Waals surface area (Å²) in [6, 6.07) is 0. The highest BCUT2D eigenvalue weighted by atomic mass is 16.6. The smallest absolute Gasteiger partial charge is 0.306 e. The molecule has 0 spiro atoms. The molecule has 396 valence electrons. The van der Waals surface area contributed by atoms with E-state index in [1.807, 2.05) is 0 Å². The number of hydrogen-bond acceptors (Lipinski definition) is 6. The molecular weight excluding hydrogens is 853 g/mol. The van der Waals surface area contributed by atoms with Crippen LogP contribution in [0.4, 0.5) is 0 Å². The maximum Gasteiger partial charge on any atom is 0.306 e. The molecule has 0 heterocycles. The van der Waals surface area contributed by atoms with Gasteiger partial charge in [0.15, 0.2) is 6.10 Å². The molecule has 69 heavy (non-hydrogen) atoms. The standard InChI is InChI=1S/C63H108O6/c1-4-7-10-13-16-19-22-25-28-30-31-33-36-38-41-44-47-50-53-56-62(65)68-59-60(69-63(66)57-54-51-48-45-42-39-34-27-24-21-18-15-12-9-6-3)58-67-61(64)55-52-49-46-43-40-37-35-32-29-26-23-20-17-14-11-8-5-2/h7,10,16-17,19-20,25-26,28-29,31,33,38,41,60H,4-6,8-9,11-15,18,21-24,27,30,32,34-37,39-40,42-59H2,1-3H3/b10-7-,19-16-,20-17-,28-25-,29-26-,33-31-,41-38-/t60-/m0/s1. The van der Waals surface area contributed by atoms with Gasteiger partial charge >= 0.3 is 17.9 Å². The van der Waals surface area contributed by atoms with E-state index < -0.39 is 6.10 Å². The fourth-order valence-electron chi connectivity index (χ4n) is 8.03. The van der Waals surface area contributed by atoms with Gasteiger partial charge in [0, 0.05) is 19.3 Å². The van der Waals surface area contributed by atoms with Crippen LogP contribution in [0, 0.1) is 0 Å². The van der Waals surface area contributed by atoms with E-state index >= 15 is 0 Å². The van der Waals surface area contributed by atoms with Gasteiger partial charge in [-0.3, -0.25) is 14.4 Å². The zero-order valence-corrected chi connectivity index (χ0v) is 45.3. The molecule has 6 nitrogen and oxygen atoms in total. The summed E-state index contributed by atoms with van der Waals surface area (Å²) in [6.45, 7) is 6.49. The van der Waals surface area contributed by atoms with Crippen molar-refractivity contribution in [2.24, 2.45) is 0 Å². The first-order valence-electron chi connectivity index (χ1n) is 29.1. The first-order chi connectivity index (χ1) is 34.0. The summed E-state index contributed by atoms with van der Waals surface area (Å²) < 4.78 is 16.9.